The first kappa shape index (κ1) is 46.0. The van der Waals surface area contributed by atoms with E-state index in [1.54, 1.807) is 54.6 Å². The lowest BCUT2D eigenvalue weighted by Crippen LogP contribution is -2.11. The van der Waals surface area contributed by atoms with Gasteiger partial charge in [-0.2, -0.15) is 52.7 Å². The average Bonchev–Trinajstić information content (AvgIpc) is 3.97. The lowest BCUT2D eigenvalue weighted by molar-refractivity contribution is -0.143. The quantitative estimate of drug-likeness (QED) is 0.153. The fraction of sp³-hybridized carbons (Fsp3) is 0.0328. The summed E-state index contributed by atoms with van der Waals surface area (Å²) in [5.41, 5.74) is 5.53. The van der Waals surface area contributed by atoms with E-state index in [0.29, 0.717) is 101 Å². The highest BCUT2D eigenvalue weighted by Crippen LogP contribution is 2.45. The van der Waals surface area contributed by atoms with Crippen LogP contribution in [0.5, 0.6) is 0 Å². The van der Waals surface area contributed by atoms with Gasteiger partial charge in [-0.15, -0.1) is 0 Å². The fourth-order valence-corrected chi connectivity index (χ4v) is 9.93. The Morgan fingerprint density at radius 2 is 0.703 bits per heavy atom. The van der Waals surface area contributed by atoms with Crippen molar-refractivity contribution in [2.24, 2.45) is 0 Å². The molecule has 2 aromatic heterocycles. The highest BCUT2D eigenvalue weighted by molar-refractivity contribution is 6.13. The van der Waals surface area contributed by atoms with E-state index in [1.807, 2.05) is 94.1 Å². The summed E-state index contributed by atoms with van der Waals surface area (Å²) in [5.74, 6) is 0. The van der Waals surface area contributed by atoms with Crippen LogP contribution >= 0.6 is 0 Å². The maximum absolute atomic E-state index is 14.4. The minimum atomic E-state index is -5.11. The number of fused-ring (bicyclic) bond motifs is 6. The number of rotatable bonds is 6. The highest BCUT2D eigenvalue weighted by Gasteiger charge is 2.37. The second kappa shape index (κ2) is 17.5. The zero-order valence-electron chi connectivity index (χ0n) is 38.1. The van der Waals surface area contributed by atoms with Crippen molar-refractivity contribution < 1.29 is 26.3 Å². The second-order valence-corrected chi connectivity index (χ2v) is 17.6. The van der Waals surface area contributed by atoms with E-state index in [-0.39, 0.29) is 22.8 Å². The SMILES string of the molecule is N#Cc1cc(C#N)cc(-c2ccc3c(c2)c2ccccc2n3-c2ccc(-c3cc(C(F)(F)F)cc(C(F)(F)F)c3)cc2-c2ccc(C#N)cc2-n2c3ccccc3c3cc(-c4cc(C#N)cc(C#N)c4)ccc32)c1. The molecule has 0 amide bonds. The van der Waals surface area contributed by atoms with Crippen LogP contribution in [0, 0.1) is 56.7 Å². The molecule has 0 unspecified atom stereocenters. The number of nitrogens with zero attached hydrogens (tertiary/aromatic N) is 7. The second-order valence-electron chi connectivity index (χ2n) is 17.6. The van der Waals surface area contributed by atoms with Crippen molar-refractivity contribution in [3.63, 3.8) is 0 Å². The molecule has 0 saturated heterocycles. The molecule has 350 valence electrons. The number of para-hydroxylation sites is 2. The molecule has 13 heteroatoms. The van der Waals surface area contributed by atoms with Crippen molar-refractivity contribution in [3.8, 4) is 86.2 Å². The summed E-state index contributed by atoms with van der Waals surface area (Å²) in [6.07, 6.45) is -10.2. The van der Waals surface area contributed by atoms with Gasteiger partial charge in [0.1, 0.15) is 0 Å². The predicted octanol–water partition coefficient (Wildman–Crippen LogP) is 15.9. The van der Waals surface area contributed by atoms with Gasteiger partial charge in [0.2, 0.25) is 0 Å². The van der Waals surface area contributed by atoms with E-state index in [4.69, 9.17) is 0 Å². The molecule has 0 spiro atoms. The largest absolute Gasteiger partial charge is 0.416 e. The molecule has 0 aliphatic heterocycles. The zero-order chi connectivity index (χ0) is 51.6. The standard InChI is InChI=1S/C61H29F6N7/c62-60(63,64)46-24-45(25-47(29-46)61(65,66)67)42-12-15-57(73-54-7-3-1-5-48(54)51-26-40(10-14-56(51)73)43-19-36(31-69)17-37(20-43)32-70)53(28-42)50-13-9-35(30-68)23-59(50)74-55-8-4-2-6-49(55)52-27-41(11-16-58(52)74)44-21-38(33-71)18-39(22-44)34-72/h1-29H. The normalized spacial score (nSPS) is 11.6. The minimum absolute atomic E-state index is 0.0487. The number of hydrogen-bond donors (Lipinski definition) is 0. The monoisotopic (exact) mass is 973 g/mol. The molecule has 2 heterocycles. The number of hydrogen-bond acceptors (Lipinski definition) is 5. The summed E-state index contributed by atoms with van der Waals surface area (Å²) in [6, 6.07) is 58.2. The average molecular weight is 974 g/mol. The van der Waals surface area contributed by atoms with Crippen LogP contribution in [0.25, 0.3) is 99.5 Å². The summed E-state index contributed by atoms with van der Waals surface area (Å²) < 4.78 is 90.5. The highest BCUT2D eigenvalue weighted by atomic mass is 19.4. The minimum Gasteiger partial charge on any atom is -0.309 e. The topological polar surface area (TPSA) is 129 Å². The molecule has 0 bridgehead atoms. The van der Waals surface area contributed by atoms with Crippen LogP contribution < -0.4 is 0 Å². The van der Waals surface area contributed by atoms with Gasteiger partial charge in [-0.05, 0) is 149 Å². The van der Waals surface area contributed by atoms with Crippen LogP contribution in [0.2, 0.25) is 0 Å². The van der Waals surface area contributed by atoms with Gasteiger partial charge in [0.25, 0.3) is 0 Å². The number of nitriles is 5. The third-order valence-corrected chi connectivity index (χ3v) is 13.2. The molecular formula is C61H29F6N7. The smallest absolute Gasteiger partial charge is 0.309 e. The van der Waals surface area contributed by atoms with Gasteiger partial charge in [-0.1, -0.05) is 60.7 Å². The van der Waals surface area contributed by atoms with Gasteiger partial charge >= 0.3 is 12.4 Å². The Balaban J connectivity index is 1.22. The number of aromatic nitrogens is 2. The molecule has 11 aromatic rings. The van der Waals surface area contributed by atoms with Crippen LogP contribution in [-0.4, -0.2) is 9.13 Å². The van der Waals surface area contributed by atoms with Crippen LogP contribution in [0.15, 0.2) is 176 Å². The molecule has 0 fully saturated rings. The van der Waals surface area contributed by atoms with Gasteiger partial charge < -0.3 is 9.13 Å². The maximum atomic E-state index is 14.4. The van der Waals surface area contributed by atoms with Crippen LogP contribution in [0.3, 0.4) is 0 Å². The number of alkyl halides is 6. The first-order valence-electron chi connectivity index (χ1n) is 22.6. The molecule has 9 aromatic carbocycles. The molecular weight excluding hydrogens is 945 g/mol. The Morgan fingerprint density at radius 1 is 0.297 bits per heavy atom. The molecule has 11 rings (SSSR count). The Bertz CT molecular complexity index is 4330. The molecule has 0 atom stereocenters. The third kappa shape index (κ3) is 7.87. The van der Waals surface area contributed by atoms with E-state index in [2.05, 4.69) is 30.3 Å². The predicted molar refractivity (Wildman–Crippen MR) is 270 cm³/mol. The Morgan fingerprint density at radius 3 is 1.16 bits per heavy atom. The third-order valence-electron chi connectivity index (χ3n) is 13.2. The molecule has 0 saturated carbocycles. The molecule has 0 aliphatic carbocycles. The lowest BCUT2D eigenvalue weighted by Gasteiger charge is -2.21. The van der Waals surface area contributed by atoms with Gasteiger partial charge in [0.15, 0.2) is 0 Å². The zero-order valence-corrected chi connectivity index (χ0v) is 38.1. The summed E-state index contributed by atoms with van der Waals surface area (Å²) in [6.45, 7) is 0. The van der Waals surface area contributed by atoms with Crippen molar-refractivity contribution >= 4 is 43.6 Å². The van der Waals surface area contributed by atoms with E-state index in [1.165, 1.54) is 18.2 Å². The van der Waals surface area contributed by atoms with Gasteiger partial charge in [-0.25, -0.2) is 0 Å². The molecule has 0 aliphatic rings. The Labute approximate surface area is 417 Å². The van der Waals surface area contributed by atoms with E-state index in [9.17, 15) is 52.7 Å². The Hall–Kier alpha value is -10.4. The van der Waals surface area contributed by atoms with Gasteiger partial charge in [-0.3, -0.25) is 0 Å². The summed E-state index contributed by atoms with van der Waals surface area (Å²) in [7, 11) is 0. The summed E-state index contributed by atoms with van der Waals surface area (Å²) in [4.78, 5) is 0. The number of benzene rings is 9. The molecule has 74 heavy (non-hydrogen) atoms. The first-order chi connectivity index (χ1) is 35.7. The van der Waals surface area contributed by atoms with E-state index >= 15 is 0 Å². The fourth-order valence-electron chi connectivity index (χ4n) is 9.93. The molecule has 0 radical (unpaired) electrons. The van der Waals surface area contributed by atoms with Crippen molar-refractivity contribution in [2.45, 2.75) is 12.4 Å². The van der Waals surface area contributed by atoms with E-state index < -0.39 is 23.5 Å². The maximum Gasteiger partial charge on any atom is 0.416 e. The van der Waals surface area contributed by atoms with Crippen molar-refractivity contribution in [3.05, 3.63) is 215 Å². The number of halogens is 6. The van der Waals surface area contributed by atoms with Crippen molar-refractivity contribution in [1.29, 1.82) is 26.3 Å². The molecule has 0 N–H and O–H groups in total. The van der Waals surface area contributed by atoms with Crippen LogP contribution in [0.4, 0.5) is 26.3 Å². The summed E-state index contributed by atoms with van der Waals surface area (Å²) in [5, 5.41) is 52.7. The first-order valence-corrected chi connectivity index (χ1v) is 22.6. The Kier molecular flexibility index (Phi) is 10.9. The molecule has 7 nitrogen and oxygen atoms in total. The van der Waals surface area contributed by atoms with Gasteiger partial charge in [0, 0.05) is 32.7 Å². The van der Waals surface area contributed by atoms with Crippen LogP contribution in [-0.2, 0) is 12.4 Å². The van der Waals surface area contributed by atoms with E-state index in [0.717, 1.165) is 21.5 Å². The van der Waals surface area contributed by atoms with Crippen molar-refractivity contribution in [1.82, 2.24) is 9.13 Å². The van der Waals surface area contributed by atoms with Crippen LogP contribution in [0.1, 0.15) is 38.9 Å². The van der Waals surface area contributed by atoms with Gasteiger partial charge in [0.05, 0.1) is 103 Å². The lowest BCUT2D eigenvalue weighted by atomic mass is 9.93. The summed E-state index contributed by atoms with van der Waals surface area (Å²) >= 11 is 0. The van der Waals surface area contributed by atoms with Crippen molar-refractivity contribution in [2.75, 3.05) is 0 Å².